The topological polar surface area (TPSA) is 0 Å². The van der Waals surface area contributed by atoms with E-state index in [9.17, 15) is 0 Å². The lowest BCUT2D eigenvalue weighted by molar-refractivity contribution is 0.276. The monoisotopic (exact) mass is 304 g/mol. The Bertz CT molecular complexity index is 680. The first-order chi connectivity index (χ1) is 11.3. The van der Waals surface area contributed by atoms with Crippen molar-refractivity contribution in [2.24, 2.45) is 11.8 Å². The number of benzene rings is 1. The molecule has 4 rings (SSSR count). The molecule has 1 saturated carbocycles. The second kappa shape index (κ2) is 6.15. The van der Waals surface area contributed by atoms with Crippen LogP contribution >= 0.6 is 0 Å². The van der Waals surface area contributed by atoms with Crippen LogP contribution in [0.1, 0.15) is 69.4 Å². The summed E-state index contributed by atoms with van der Waals surface area (Å²) < 4.78 is 0. The Kier molecular flexibility index (Phi) is 4.01. The molecule has 0 saturated heterocycles. The quantitative estimate of drug-likeness (QED) is 0.573. The lowest BCUT2D eigenvalue weighted by Gasteiger charge is -2.39. The molecule has 1 aromatic carbocycles. The van der Waals surface area contributed by atoms with Gasteiger partial charge in [-0.1, -0.05) is 72.9 Å². The van der Waals surface area contributed by atoms with Crippen molar-refractivity contribution in [2.45, 2.75) is 58.3 Å². The summed E-state index contributed by atoms with van der Waals surface area (Å²) in [5, 5.41) is 0. The second-order valence-corrected chi connectivity index (χ2v) is 7.68. The third kappa shape index (κ3) is 2.63. The van der Waals surface area contributed by atoms with Crippen LogP contribution in [0.15, 0.2) is 53.1 Å². The molecule has 1 fully saturated rings. The van der Waals surface area contributed by atoms with Gasteiger partial charge in [0.05, 0.1) is 0 Å². The van der Waals surface area contributed by atoms with Crippen molar-refractivity contribution in [1.29, 1.82) is 0 Å². The van der Waals surface area contributed by atoms with Gasteiger partial charge in [-0.25, -0.2) is 0 Å². The Morgan fingerprint density at radius 2 is 1.74 bits per heavy atom. The molecule has 0 heterocycles. The normalized spacial score (nSPS) is 28.0. The van der Waals surface area contributed by atoms with Crippen LogP contribution in [0.5, 0.6) is 0 Å². The van der Waals surface area contributed by atoms with Crippen molar-refractivity contribution in [2.75, 3.05) is 0 Å². The van der Waals surface area contributed by atoms with Gasteiger partial charge in [-0.3, -0.25) is 0 Å². The molecule has 0 spiro atoms. The molecule has 3 aliphatic carbocycles. The average molecular weight is 304 g/mol. The van der Waals surface area contributed by atoms with E-state index in [1.165, 1.54) is 43.2 Å². The van der Waals surface area contributed by atoms with Crippen LogP contribution in [0, 0.1) is 11.8 Å². The van der Waals surface area contributed by atoms with Crippen molar-refractivity contribution in [3.8, 4) is 0 Å². The molecular formula is C23H28. The zero-order valence-electron chi connectivity index (χ0n) is 14.5. The minimum absolute atomic E-state index is 0.613. The number of allylic oxidation sites excluding steroid dienone is 5. The van der Waals surface area contributed by atoms with Gasteiger partial charge in [0.2, 0.25) is 0 Å². The lowest BCUT2D eigenvalue weighted by atomic mass is 9.65. The van der Waals surface area contributed by atoms with Crippen LogP contribution in [0.4, 0.5) is 0 Å². The number of hydrogen-bond acceptors (Lipinski definition) is 0. The predicted octanol–water partition coefficient (Wildman–Crippen LogP) is 6.66. The van der Waals surface area contributed by atoms with Crippen LogP contribution in [-0.4, -0.2) is 0 Å². The largest absolute Gasteiger partial charge is 0.0772 e. The van der Waals surface area contributed by atoms with Crippen LogP contribution < -0.4 is 0 Å². The Balaban J connectivity index is 1.76. The third-order valence-corrected chi connectivity index (χ3v) is 6.49. The van der Waals surface area contributed by atoms with Gasteiger partial charge in [-0.15, -0.1) is 0 Å². The SMILES string of the molecule is CC1=CCC(C2C=Cc3ccccc3C2C2CCCCC2)=C1C. The summed E-state index contributed by atoms with van der Waals surface area (Å²) in [6.45, 7) is 4.61. The molecule has 1 aromatic rings. The summed E-state index contributed by atoms with van der Waals surface area (Å²) in [6.07, 6.45) is 15.6. The smallest absolute Gasteiger partial charge is 0.00606 e. The molecule has 120 valence electrons. The molecule has 23 heavy (non-hydrogen) atoms. The van der Waals surface area contributed by atoms with Crippen molar-refractivity contribution >= 4 is 6.08 Å². The van der Waals surface area contributed by atoms with E-state index < -0.39 is 0 Å². The number of rotatable bonds is 2. The van der Waals surface area contributed by atoms with E-state index in [1.807, 2.05) is 0 Å². The lowest BCUT2D eigenvalue weighted by Crippen LogP contribution is -2.26. The van der Waals surface area contributed by atoms with E-state index in [-0.39, 0.29) is 0 Å². The maximum atomic E-state index is 2.52. The van der Waals surface area contributed by atoms with Gasteiger partial charge in [-0.2, -0.15) is 0 Å². The van der Waals surface area contributed by atoms with E-state index in [2.05, 4.69) is 56.3 Å². The fourth-order valence-corrected chi connectivity index (χ4v) is 5.07. The zero-order valence-corrected chi connectivity index (χ0v) is 14.5. The first kappa shape index (κ1) is 15.0. The maximum Gasteiger partial charge on any atom is 0.00606 e. The zero-order chi connectivity index (χ0) is 15.8. The fourth-order valence-electron chi connectivity index (χ4n) is 5.07. The number of fused-ring (bicyclic) bond motifs is 1. The minimum atomic E-state index is 0.613. The summed E-state index contributed by atoms with van der Waals surface area (Å²) >= 11 is 0. The molecule has 0 nitrogen and oxygen atoms in total. The molecule has 2 unspecified atom stereocenters. The molecule has 0 aliphatic heterocycles. The van der Waals surface area contributed by atoms with E-state index in [0.717, 1.165) is 12.3 Å². The summed E-state index contributed by atoms with van der Waals surface area (Å²) in [4.78, 5) is 0. The van der Waals surface area contributed by atoms with Gasteiger partial charge in [0, 0.05) is 5.92 Å². The summed E-state index contributed by atoms with van der Waals surface area (Å²) in [5.74, 6) is 2.17. The molecule has 3 aliphatic rings. The molecule has 0 N–H and O–H groups in total. The van der Waals surface area contributed by atoms with Crippen LogP contribution in [0.25, 0.3) is 6.08 Å². The molecular weight excluding hydrogens is 276 g/mol. The molecule has 0 heteroatoms. The van der Waals surface area contributed by atoms with Crippen molar-refractivity contribution in [1.82, 2.24) is 0 Å². The van der Waals surface area contributed by atoms with E-state index in [1.54, 1.807) is 16.7 Å². The summed E-state index contributed by atoms with van der Waals surface area (Å²) in [5.41, 5.74) is 7.80. The van der Waals surface area contributed by atoms with Crippen molar-refractivity contribution in [3.05, 3.63) is 64.3 Å². The second-order valence-electron chi connectivity index (χ2n) is 7.68. The van der Waals surface area contributed by atoms with Gasteiger partial charge < -0.3 is 0 Å². The Labute approximate surface area is 141 Å². The molecule has 2 atom stereocenters. The molecule has 0 bridgehead atoms. The number of hydrogen-bond donors (Lipinski definition) is 0. The van der Waals surface area contributed by atoms with Crippen LogP contribution in [0.2, 0.25) is 0 Å². The summed E-state index contributed by atoms with van der Waals surface area (Å²) in [6, 6.07) is 9.13. The highest BCUT2D eigenvalue weighted by molar-refractivity contribution is 5.61. The Hall–Kier alpha value is -1.56. The van der Waals surface area contributed by atoms with Crippen LogP contribution in [0.3, 0.4) is 0 Å². The van der Waals surface area contributed by atoms with Crippen molar-refractivity contribution < 1.29 is 0 Å². The maximum absolute atomic E-state index is 2.52. The Morgan fingerprint density at radius 1 is 0.957 bits per heavy atom. The van der Waals surface area contributed by atoms with Gasteiger partial charge in [0.25, 0.3) is 0 Å². The van der Waals surface area contributed by atoms with Crippen molar-refractivity contribution in [3.63, 3.8) is 0 Å². The van der Waals surface area contributed by atoms with Gasteiger partial charge in [-0.05, 0) is 61.6 Å². The van der Waals surface area contributed by atoms with E-state index in [0.29, 0.717) is 11.8 Å². The van der Waals surface area contributed by atoms with Gasteiger partial charge in [0.15, 0.2) is 0 Å². The summed E-state index contributed by atoms with van der Waals surface area (Å²) in [7, 11) is 0. The molecule has 0 aromatic heterocycles. The molecule has 0 radical (unpaired) electrons. The predicted molar refractivity (Wildman–Crippen MR) is 99.4 cm³/mol. The highest BCUT2D eigenvalue weighted by Gasteiger charge is 2.36. The molecule has 0 amide bonds. The van der Waals surface area contributed by atoms with E-state index >= 15 is 0 Å². The fraction of sp³-hybridized carbons (Fsp3) is 0.478. The van der Waals surface area contributed by atoms with Gasteiger partial charge >= 0.3 is 0 Å². The highest BCUT2D eigenvalue weighted by Crippen LogP contribution is 2.49. The highest BCUT2D eigenvalue weighted by atomic mass is 14.4. The Morgan fingerprint density at radius 3 is 2.48 bits per heavy atom. The van der Waals surface area contributed by atoms with E-state index in [4.69, 9.17) is 0 Å². The first-order valence-electron chi connectivity index (χ1n) is 9.39. The van der Waals surface area contributed by atoms with Gasteiger partial charge in [0.1, 0.15) is 0 Å². The minimum Gasteiger partial charge on any atom is -0.0772 e. The average Bonchev–Trinajstić information content (AvgIpc) is 2.94. The first-order valence-corrected chi connectivity index (χ1v) is 9.39. The third-order valence-electron chi connectivity index (χ3n) is 6.49. The standard InChI is InChI=1S/C23H28/c1-16-12-14-20(17(16)2)22-15-13-18-8-6-7-11-21(18)23(22)19-9-4-3-5-10-19/h6-8,11-13,15,19,22-23H,3-5,9-10,14H2,1-2H3. The van der Waals surface area contributed by atoms with Crippen LogP contribution in [-0.2, 0) is 0 Å².